The molecule has 0 unspecified atom stereocenters. The van der Waals surface area contributed by atoms with Crippen molar-refractivity contribution in [1.82, 2.24) is 10.6 Å². The first-order chi connectivity index (χ1) is 11.7. The normalized spacial score (nSPS) is 17.5. The van der Waals surface area contributed by atoms with E-state index in [0.717, 1.165) is 25.0 Å². The van der Waals surface area contributed by atoms with Crippen molar-refractivity contribution >= 4 is 15.8 Å². The average molecular weight is 374 g/mol. The summed E-state index contributed by atoms with van der Waals surface area (Å²) in [4.78, 5) is 4.67. The molecule has 1 saturated carbocycles. The summed E-state index contributed by atoms with van der Waals surface area (Å²) in [6, 6.07) is 0. The van der Waals surface area contributed by atoms with Crippen molar-refractivity contribution in [2.24, 2.45) is 16.3 Å². The van der Waals surface area contributed by atoms with Crippen LogP contribution in [0.5, 0.6) is 0 Å². The van der Waals surface area contributed by atoms with Gasteiger partial charge < -0.3 is 10.6 Å². The van der Waals surface area contributed by atoms with Crippen LogP contribution >= 0.6 is 0 Å². The van der Waals surface area contributed by atoms with Crippen molar-refractivity contribution in [1.29, 1.82) is 0 Å². The van der Waals surface area contributed by atoms with Gasteiger partial charge in [-0.25, -0.2) is 8.42 Å². The number of rotatable bonds is 10. The predicted octanol–water partition coefficient (Wildman–Crippen LogP) is 3.36. The minimum absolute atomic E-state index is 0.118. The summed E-state index contributed by atoms with van der Waals surface area (Å²) in [5.41, 5.74) is -0.118. The highest BCUT2D eigenvalue weighted by molar-refractivity contribution is 7.90. The van der Waals surface area contributed by atoms with E-state index in [1.165, 1.54) is 51.2 Å². The van der Waals surface area contributed by atoms with Gasteiger partial charge in [-0.05, 0) is 37.5 Å². The maximum absolute atomic E-state index is 11.4. The number of aliphatic imine (C=N–C) groups is 1. The second-order valence-corrected chi connectivity index (χ2v) is 10.6. The third kappa shape index (κ3) is 11.4. The van der Waals surface area contributed by atoms with Gasteiger partial charge in [0.15, 0.2) is 5.96 Å². The molecule has 5 nitrogen and oxygen atoms in total. The largest absolute Gasteiger partial charge is 0.357 e. The van der Waals surface area contributed by atoms with E-state index in [4.69, 9.17) is 0 Å². The third-order valence-corrected chi connectivity index (χ3v) is 5.91. The Morgan fingerprint density at radius 1 is 1.16 bits per heavy atom. The highest BCUT2D eigenvalue weighted by Crippen LogP contribution is 2.27. The summed E-state index contributed by atoms with van der Waals surface area (Å²) < 4.78 is 22.7. The molecular weight excluding hydrogens is 334 g/mol. The lowest BCUT2D eigenvalue weighted by molar-refractivity contribution is 0.332. The number of sulfone groups is 1. The summed E-state index contributed by atoms with van der Waals surface area (Å²) in [7, 11) is -2.91. The number of nitrogens with zero attached hydrogens (tertiary/aromatic N) is 1. The van der Waals surface area contributed by atoms with Crippen LogP contribution in [0.2, 0.25) is 0 Å². The highest BCUT2D eigenvalue weighted by atomic mass is 32.2. The number of hydrogen-bond donors (Lipinski definition) is 2. The van der Waals surface area contributed by atoms with Gasteiger partial charge in [0.1, 0.15) is 9.84 Å². The van der Waals surface area contributed by atoms with Crippen LogP contribution in [0.25, 0.3) is 0 Å². The van der Waals surface area contributed by atoms with Gasteiger partial charge in [0.05, 0.1) is 5.75 Å². The molecule has 0 heterocycles. The zero-order valence-electron chi connectivity index (χ0n) is 16.7. The molecule has 1 fully saturated rings. The fourth-order valence-electron chi connectivity index (χ4n) is 3.25. The Morgan fingerprint density at radius 3 is 2.44 bits per heavy atom. The van der Waals surface area contributed by atoms with E-state index in [0.29, 0.717) is 13.0 Å². The van der Waals surface area contributed by atoms with Gasteiger partial charge in [-0.1, -0.05) is 46.0 Å². The molecule has 148 valence electrons. The average Bonchev–Trinajstić information content (AvgIpc) is 2.55. The summed E-state index contributed by atoms with van der Waals surface area (Å²) in [5.74, 6) is 1.99. The van der Waals surface area contributed by atoms with Crippen molar-refractivity contribution in [2.75, 3.05) is 31.6 Å². The van der Waals surface area contributed by atoms with E-state index in [-0.39, 0.29) is 11.2 Å². The Labute approximate surface area is 155 Å². The lowest BCUT2D eigenvalue weighted by Gasteiger charge is -2.23. The van der Waals surface area contributed by atoms with Crippen LogP contribution in [0.15, 0.2) is 4.99 Å². The Morgan fingerprint density at radius 2 is 1.84 bits per heavy atom. The van der Waals surface area contributed by atoms with Gasteiger partial charge in [-0.15, -0.1) is 0 Å². The minimum atomic E-state index is -2.91. The van der Waals surface area contributed by atoms with Gasteiger partial charge in [0.25, 0.3) is 0 Å². The standard InChI is InChI=1S/C19H39N3O2S/c1-5-20-18(21-14-9-12-17-10-7-6-8-11-17)22-16-19(2,3)13-15-25(4,23)24/h17H,5-16H2,1-4H3,(H2,20,21,22). The molecule has 1 rings (SSSR count). The molecule has 6 heteroatoms. The van der Waals surface area contributed by atoms with Crippen molar-refractivity contribution in [3.8, 4) is 0 Å². The summed E-state index contributed by atoms with van der Waals surface area (Å²) >= 11 is 0. The predicted molar refractivity (Wildman–Crippen MR) is 108 cm³/mol. The third-order valence-electron chi connectivity index (χ3n) is 4.97. The summed E-state index contributed by atoms with van der Waals surface area (Å²) in [6.45, 7) is 8.63. The minimum Gasteiger partial charge on any atom is -0.357 e. The zero-order chi connectivity index (χ0) is 18.8. The molecule has 0 bridgehead atoms. The smallest absolute Gasteiger partial charge is 0.191 e. The number of nitrogens with one attached hydrogen (secondary N) is 2. The Kier molecular flexibility index (Phi) is 9.83. The molecule has 1 aliphatic rings. The molecule has 0 amide bonds. The van der Waals surface area contributed by atoms with E-state index in [1.807, 2.05) is 0 Å². The zero-order valence-corrected chi connectivity index (χ0v) is 17.6. The summed E-state index contributed by atoms with van der Waals surface area (Å²) in [6.07, 6.45) is 11.5. The van der Waals surface area contributed by atoms with Crippen LogP contribution in [-0.4, -0.2) is 46.0 Å². The van der Waals surface area contributed by atoms with Crippen LogP contribution in [0.1, 0.15) is 72.1 Å². The maximum Gasteiger partial charge on any atom is 0.191 e. The SMILES string of the molecule is CCNC(=NCC(C)(C)CCS(C)(=O)=O)NCCCC1CCCCC1. The molecule has 0 spiro atoms. The van der Waals surface area contributed by atoms with Crippen LogP contribution in [0, 0.1) is 11.3 Å². The van der Waals surface area contributed by atoms with Crippen LogP contribution in [0.3, 0.4) is 0 Å². The van der Waals surface area contributed by atoms with Gasteiger partial charge in [-0.3, -0.25) is 4.99 Å². The van der Waals surface area contributed by atoms with Gasteiger partial charge in [-0.2, -0.15) is 0 Å². The van der Waals surface area contributed by atoms with E-state index in [9.17, 15) is 8.42 Å². The quantitative estimate of drug-likeness (QED) is 0.350. The topological polar surface area (TPSA) is 70.6 Å². The first kappa shape index (κ1) is 22.3. The van der Waals surface area contributed by atoms with Crippen LogP contribution < -0.4 is 10.6 Å². The molecule has 0 aromatic carbocycles. The Hall–Kier alpha value is -0.780. The molecule has 1 aliphatic carbocycles. The second-order valence-electron chi connectivity index (χ2n) is 8.31. The Balaban J connectivity index is 2.36. The molecular formula is C19H39N3O2S. The lowest BCUT2D eigenvalue weighted by atomic mass is 9.86. The fraction of sp³-hybridized carbons (Fsp3) is 0.947. The molecule has 2 N–H and O–H groups in total. The van der Waals surface area contributed by atoms with Crippen LogP contribution in [-0.2, 0) is 9.84 Å². The monoisotopic (exact) mass is 373 g/mol. The van der Waals surface area contributed by atoms with Crippen molar-refractivity contribution in [3.05, 3.63) is 0 Å². The summed E-state index contributed by atoms with van der Waals surface area (Å²) in [5, 5.41) is 6.71. The van der Waals surface area contributed by atoms with Gasteiger partial charge in [0, 0.05) is 25.9 Å². The molecule has 0 aliphatic heterocycles. The first-order valence-corrected chi connectivity index (χ1v) is 12.0. The number of guanidine groups is 1. The molecule has 0 aromatic heterocycles. The van der Waals surface area contributed by atoms with Crippen molar-refractivity contribution in [2.45, 2.75) is 72.1 Å². The second kappa shape index (κ2) is 11.0. The van der Waals surface area contributed by atoms with E-state index in [2.05, 4.69) is 36.4 Å². The molecule has 0 radical (unpaired) electrons. The van der Waals surface area contributed by atoms with E-state index < -0.39 is 9.84 Å². The molecule has 25 heavy (non-hydrogen) atoms. The maximum atomic E-state index is 11.4. The molecule has 0 atom stereocenters. The van der Waals surface area contributed by atoms with Gasteiger partial charge >= 0.3 is 0 Å². The van der Waals surface area contributed by atoms with E-state index in [1.54, 1.807) is 0 Å². The number of hydrogen-bond acceptors (Lipinski definition) is 3. The van der Waals surface area contributed by atoms with Gasteiger partial charge in [0.2, 0.25) is 0 Å². The highest BCUT2D eigenvalue weighted by Gasteiger charge is 2.20. The first-order valence-electron chi connectivity index (χ1n) is 9.92. The lowest BCUT2D eigenvalue weighted by Crippen LogP contribution is -2.38. The Bertz CT molecular complexity index is 495. The van der Waals surface area contributed by atoms with E-state index >= 15 is 0 Å². The molecule has 0 saturated heterocycles. The van der Waals surface area contributed by atoms with Crippen molar-refractivity contribution in [3.63, 3.8) is 0 Å². The van der Waals surface area contributed by atoms with Crippen LogP contribution in [0.4, 0.5) is 0 Å². The van der Waals surface area contributed by atoms with Crippen molar-refractivity contribution < 1.29 is 8.42 Å². The molecule has 0 aromatic rings. The fourth-order valence-corrected chi connectivity index (χ4v) is 4.17.